The van der Waals surface area contributed by atoms with Gasteiger partial charge < -0.3 is 14.6 Å². The molecule has 0 spiro atoms. The molecule has 21 heavy (non-hydrogen) atoms. The molecule has 0 bridgehead atoms. The first-order valence-electron chi connectivity index (χ1n) is 7.53. The van der Waals surface area contributed by atoms with Crippen molar-refractivity contribution in [1.29, 1.82) is 0 Å². The summed E-state index contributed by atoms with van der Waals surface area (Å²) in [6, 6.07) is 2.14. The summed E-state index contributed by atoms with van der Waals surface area (Å²) >= 11 is 0. The van der Waals surface area contributed by atoms with Crippen LogP contribution in [0.1, 0.15) is 44.0 Å². The van der Waals surface area contributed by atoms with Gasteiger partial charge in [0.15, 0.2) is 0 Å². The molecule has 1 unspecified atom stereocenters. The van der Waals surface area contributed by atoms with Crippen molar-refractivity contribution in [3.05, 3.63) is 42.2 Å². The van der Waals surface area contributed by atoms with Gasteiger partial charge in [-0.25, -0.2) is 4.98 Å². The molecule has 0 aliphatic rings. The lowest BCUT2D eigenvalue weighted by Gasteiger charge is -2.19. The predicted molar refractivity (Wildman–Crippen MR) is 83.4 cm³/mol. The molecule has 0 amide bonds. The SMILES string of the molecule is CCCNC(c1cncc(OCCC)c1)c1cncn1C. The molecule has 1 atom stereocenters. The Morgan fingerprint density at radius 2 is 2.05 bits per heavy atom. The standard InChI is InChI=1S/C16H24N4O/c1-4-6-19-16(15-11-18-12-20(15)3)13-8-14(10-17-9-13)21-7-5-2/h8-12,16,19H,4-7H2,1-3H3. The molecule has 2 aromatic rings. The number of hydrogen-bond acceptors (Lipinski definition) is 4. The van der Waals surface area contributed by atoms with E-state index in [1.807, 2.05) is 30.3 Å². The highest BCUT2D eigenvalue weighted by atomic mass is 16.5. The zero-order valence-electron chi connectivity index (χ0n) is 13.0. The topological polar surface area (TPSA) is 52.0 Å². The van der Waals surface area contributed by atoms with Gasteiger partial charge in [0.25, 0.3) is 0 Å². The zero-order chi connectivity index (χ0) is 15.1. The lowest BCUT2D eigenvalue weighted by molar-refractivity contribution is 0.315. The summed E-state index contributed by atoms with van der Waals surface area (Å²) in [5.74, 6) is 0.819. The van der Waals surface area contributed by atoms with Crippen molar-refractivity contribution in [2.45, 2.75) is 32.7 Å². The van der Waals surface area contributed by atoms with E-state index in [0.29, 0.717) is 6.61 Å². The smallest absolute Gasteiger partial charge is 0.137 e. The quantitative estimate of drug-likeness (QED) is 0.811. The van der Waals surface area contributed by atoms with Gasteiger partial charge in [-0.15, -0.1) is 0 Å². The summed E-state index contributed by atoms with van der Waals surface area (Å²) < 4.78 is 7.72. The number of nitrogens with one attached hydrogen (secondary N) is 1. The normalized spacial score (nSPS) is 12.3. The van der Waals surface area contributed by atoms with Gasteiger partial charge in [0.1, 0.15) is 5.75 Å². The highest BCUT2D eigenvalue weighted by molar-refractivity contribution is 5.31. The first-order chi connectivity index (χ1) is 10.3. The van der Waals surface area contributed by atoms with Crippen molar-refractivity contribution in [2.24, 2.45) is 7.05 Å². The molecular formula is C16H24N4O. The first-order valence-corrected chi connectivity index (χ1v) is 7.53. The van der Waals surface area contributed by atoms with Crippen molar-refractivity contribution < 1.29 is 4.74 Å². The highest BCUT2D eigenvalue weighted by Crippen LogP contribution is 2.24. The van der Waals surface area contributed by atoms with E-state index in [-0.39, 0.29) is 6.04 Å². The van der Waals surface area contributed by atoms with Crippen LogP contribution >= 0.6 is 0 Å². The molecular weight excluding hydrogens is 264 g/mol. The Hall–Kier alpha value is -1.88. The van der Waals surface area contributed by atoms with E-state index in [1.54, 1.807) is 6.20 Å². The molecule has 114 valence electrons. The van der Waals surface area contributed by atoms with Crippen LogP contribution in [0.3, 0.4) is 0 Å². The lowest BCUT2D eigenvalue weighted by Crippen LogP contribution is -2.25. The van der Waals surface area contributed by atoms with Crippen LogP contribution < -0.4 is 10.1 Å². The maximum absolute atomic E-state index is 5.69. The van der Waals surface area contributed by atoms with E-state index < -0.39 is 0 Å². The van der Waals surface area contributed by atoms with Crippen molar-refractivity contribution in [3.63, 3.8) is 0 Å². The molecule has 1 N–H and O–H groups in total. The average Bonchev–Trinajstić information content (AvgIpc) is 2.92. The summed E-state index contributed by atoms with van der Waals surface area (Å²) in [5.41, 5.74) is 2.22. The molecule has 0 aliphatic heterocycles. The molecule has 0 aliphatic carbocycles. The maximum Gasteiger partial charge on any atom is 0.137 e. The second-order valence-electron chi connectivity index (χ2n) is 5.12. The Bertz CT molecular complexity index is 553. The van der Waals surface area contributed by atoms with Gasteiger partial charge in [-0.05, 0) is 31.0 Å². The second kappa shape index (κ2) is 7.78. The predicted octanol–water partition coefficient (Wildman–Crippen LogP) is 2.69. The summed E-state index contributed by atoms with van der Waals surface area (Å²) in [6.07, 6.45) is 9.43. The number of pyridine rings is 1. The number of nitrogens with zero attached hydrogens (tertiary/aromatic N) is 3. The fourth-order valence-corrected chi connectivity index (χ4v) is 2.22. The molecule has 0 saturated carbocycles. The van der Waals surface area contributed by atoms with E-state index in [0.717, 1.165) is 36.4 Å². The van der Waals surface area contributed by atoms with Gasteiger partial charge in [-0.2, -0.15) is 0 Å². The third-order valence-electron chi connectivity index (χ3n) is 3.29. The van der Waals surface area contributed by atoms with Gasteiger partial charge in [0.2, 0.25) is 0 Å². The van der Waals surface area contributed by atoms with Gasteiger partial charge in [0.05, 0.1) is 37.1 Å². The summed E-state index contributed by atoms with van der Waals surface area (Å²) in [7, 11) is 2.01. The number of aryl methyl sites for hydroxylation is 1. The Kier molecular flexibility index (Phi) is 5.75. The van der Waals surface area contributed by atoms with Crippen LogP contribution in [0, 0.1) is 0 Å². The maximum atomic E-state index is 5.69. The van der Waals surface area contributed by atoms with E-state index in [9.17, 15) is 0 Å². The van der Waals surface area contributed by atoms with E-state index in [4.69, 9.17) is 4.74 Å². The molecule has 2 aromatic heterocycles. The van der Waals surface area contributed by atoms with Crippen molar-refractivity contribution in [2.75, 3.05) is 13.2 Å². The average molecular weight is 288 g/mol. The van der Waals surface area contributed by atoms with Gasteiger partial charge >= 0.3 is 0 Å². The number of ether oxygens (including phenoxy) is 1. The van der Waals surface area contributed by atoms with Crippen LogP contribution in [0.5, 0.6) is 5.75 Å². The third-order valence-corrected chi connectivity index (χ3v) is 3.29. The highest BCUT2D eigenvalue weighted by Gasteiger charge is 2.17. The second-order valence-corrected chi connectivity index (χ2v) is 5.12. The van der Waals surface area contributed by atoms with Crippen molar-refractivity contribution in [3.8, 4) is 5.75 Å². The van der Waals surface area contributed by atoms with Crippen LogP contribution in [0.25, 0.3) is 0 Å². The van der Waals surface area contributed by atoms with Crippen molar-refractivity contribution >= 4 is 0 Å². The molecule has 5 nitrogen and oxygen atoms in total. The van der Waals surface area contributed by atoms with E-state index >= 15 is 0 Å². The minimum absolute atomic E-state index is 0.0788. The number of imidazole rings is 1. The van der Waals surface area contributed by atoms with Crippen LogP contribution in [0.2, 0.25) is 0 Å². The molecule has 2 heterocycles. The summed E-state index contributed by atoms with van der Waals surface area (Å²) in [4.78, 5) is 8.53. The van der Waals surface area contributed by atoms with Crippen LogP contribution in [-0.2, 0) is 7.05 Å². The van der Waals surface area contributed by atoms with Crippen LogP contribution in [-0.4, -0.2) is 27.7 Å². The zero-order valence-corrected chi connectivity index (χ0v) is 13.0. The summed E-state index contributed by atoms with van der Waals surface area (Å²) in [6.45, 7) is 5.91. The van der Waals surface area contributed by atoms with Gasteiger partial charge in [0, 0.05) is 13.2 Å². The fourth-order valence-electron chi connectivity index (χ4n) is 2.22. The summed E-state index contributed by atoms with van der Waals surface area (Å²) in [5, 5.41) is 3.56. The number of aromatic nitrogens is 3. The van der Waals surface area contributed by atoms with E-state index in [1.165, 1.54) is 0 Å². The molecule has 0 fully saturated rings. The van der Waals surface area contributed by atoms with E-state index in [2.05, 4.69) is 35.2 Å². The van der Waals surface area contributed by atoms with Crippen LogP contribution in [0.4, 0.5) is 0 Å². The first kappa shape index (κ1) is 15.5. The largest absolute Gasteiger partial charge is 0.492 e. The molecule has 0 aromatic carbocycles. The minimum Gasteiger partial charge on any atom is -0.492 e. The molecule has 0 saturated heterocycles. The molecule has 0 radical (unpaired) electrons. The Morgan fingerprint density at radius 3 is 2.71 bits per heavy atom. The molecule has 2 rings (SSSR count). The Morgan fingerprint density at radius 1 is 1.19 bits per heavy atom. The monoisotopic (exact) mass is 288 g/mol. The van der Waals surface area contributed by atoms with Crippen LogP contribution in [0.15, 0.2) is 31.0 Å². The third kappa shape index (κ3) is 4.04. The number of rotatable bonds is 8. The Labute approximate surface area is 126 Å². The van der Waals surface area contributed by atoms with Gasteiger partial charge in [-0.1, -0.05) is 13.8 Å². The number of hydrogen-bond donors (Lipinski definition) is 1. The molecule has 5 heteroatoms. The van der Waals surface area contributed by atoms with Gasteiger partial charge in [-0.3, -0.25) is 4.98 Å². The fraction of sp³-hybridized carbons (Fsp3) is 0.500. The van der Waals surface area contributed by atoms with Crippen molar-refractivity contribution in [1.82, 2.24) is 19.9 Å². The Balaban J connectivity index is 2.26. The lowest BCUT2D eigenvalue weighted by atomic mass is 10.1. The minimum atomic E-state index is 0.0788.